The minimum atomic E-state index is -1.06. The molecule has 1 aromatic heterocycles. The molecule has 0 unspecified atom stereocenters. The Hall–Kier alpha value is -2.97. The second-order valence-corrected chi connectivity index (χ2v) is 7.47. The first-order valence-corrected chi connectivity index (χ1v) is 9.37. The number of carboxylic acids is 1. The van der Waals surface area contributed by atoms with Crippen LogP contribution in [0.25, 0.3) is 11.8 Å². The van der Waals surface area contributed by atoms with E-state index in [1.54, 1.807) is 17.6 Å². The van der Waals surface area contributed by atoms with Crippen molar-refractivity contribution in [2.24, 2.45) is 0 Å². The van der Waals surface area contributed by atoms with Crippen LogP contribution in [-0.2, 0) is 9.59 Å². The van der Waals surface area contributed by atoms with Crippen LogP contribution in [0.1, 0.15) is 27.3 Å². The number of carboxylic acid groups (broad SMARTS) is 1. The lowest BCUT2D eigenvalue weighted by Gasteiger charge is -2.31. The molecular formula is C20H18ClN3O4S. The molecule has 0 atom stereocenters. The minimum Gasteiger partial charge on any atom is -0.478 e. The molecule has 2 heterocycles. The molecule has 2 aromatic rings. The second kappa shape index (κ2) is 7.46. The average molecular weight is 432 g/mol. The summed E-state index contributed by atoms with van der Waals surface area (Å²) in [5, 5.41) is 9.80. The number of nitrogens with zero attached hydrogens (tertiary/aromatic N) is 3. The van der Waals surface area contributed by atoms with E-state index < -0.39 is 17.8 Å². The fourth-order valence-electron chi connectivity index (χ4n) is 3.25. The molecule has 150 valence electrons. The number of aryl methyl sites for hydroxylation is 1. The van der Waals surface area contributed by atoms with Crippen molar-refractivity contribution in [1.29, 1.82) is 0 Å². The summed E-state index contributed by atoms with van der Waals surface area (Å²) in [6.45, 7) is 3.63. The van der Waals surface area contributed by atoms with Gasteiger partial charge in [0.1, 0.15) is 5.57 Å². The molecule has 0 radical (unpaired) electrons. The Kier molecular flexibility index (Phi) is 5.34. The number of amides is 2. The van der Waals surface area contributed by atoms with E-state index in [2.05, 4.69) is 0 Å². The van der Waals surface area contributed by atoms with E-state index in [0.29, 0.717) is 22.0 Å². The molecule has 7 nitrogen and oxygen atoms in total. The predicted octanol–water partition coefficient (Wildman–Crippen LogP) is 3.04. The van der Waals surface area contributed by atoms with Gasteiger partial charge in [-0.25, -0.2) is 4.79 Å². The summed E-state index contributed by atoms with van der Waals surface area (Å²) in [6, 6.07) is 6.24. The van der Waals surface area contributed by atoms with Crippen molar-refractivity contribution in [3.63, 3.8) is 0 Å². The molecule has 2 amide bonds. The van der Waals surface area contributed by atoms with Gasteiger partial charge in [-0.05, 0) is 62.0 Å². The van der Waals surface area contributed by atoms with Gasteiger partial charge in [0.15, 0.2) is 5.11 Å². The first-order valence-electron chi connectivity index (χ1n) is 8.58. The molecule has 0 saturated carbocycles. The van der Waals surface area contributed by atoms with E-state index >= 15 is 0 Å². The summed E-state index contributed by atoms with van der Waals surface area (Å²) in [5.41, 5.74) is 2.72. The molecule has 29 heavy (non-hydrogen) atoms. The van der Waals surface area contributed by atoms with Gasteiger partial charge in [0.05, 0.1) is 16.3 Å². The van der Waals surface area contributed by atoms with Gasteiger partial charge in [-0.2, -0.15) is 0 Å². The zero-order valence-electron chi connectivity index (χ0n) is 16.2. The third-order valence-electron chi connectivity index (χ3n) is 4.85. The number of rotatable bonds is 3. The van der Waals surface area contributed by atoms with Crippen molar-refractivity contribution in [2.45, 2.75) is 13.8 Å². The summed E-state index contributed by atoms with van der Waals surface area (Å²) in [4.78, 5) is 39.0. The van der Waals surface area contributed by atoms with Crippen molar-refractivity contribution in [2.75, 3.05) is 14.1 Å². The van der Waals surface area contributed by atoms with E-state index in [4.69, 9.17) is 23.8 Å². The van der Waals surface area contributed by atoms with Crippen LogP contribution in [0.3, 0.4) is 0 Å². The van der Waals surface area contributed by atoms with Crippen LogP contribution in [0.15, 0.2) is 29.8 Å². The summed E-state index contributed by atoms with van der Waals surface area (Å²) in [6.07, 6.45) is 1.52. The molecule has 0 bridgehead atoms. The molecular weight excluding hydrogens is 414 g/mol. The molecule has 1 aliphatic heterocycles. The number of halogens is 1. The normalized spacial score (nSPS) is 14.7. The smallest absolute Gasteiger partial charge is 0.335 e. The Balaban J connectivity index is 2.14. The van der Waals surface area contributed by atoms with Gasteiger partial charge in [-0.1, -0.05) is 11.6 Å². The van der Waals surface area contributed by atoms with Crippen LogP contribution in [0, 0.1) is 13.8 Å². The molecule has 0 aliphatic carbocycles. The number of likely N-dealkylation sites (N-methyl/N-ethyl adjacent to an activating group) is 2. The summed E-state index contributed by atoms with van der Waals surface area (Å²) < 4.78 is 1.79. The molecule has 1 aliphatic rings. The fraction of sp³-hybridized carbons (Fsp3) is 0.200. The number of hydrogen-bond donors (Lipinski definition) is 1. The lowest BCUT2D eigenvalue weighted by atomic mass is 10.1. The second-order valence-electron chi connectivity index (χ2n) is 6.70. The SMILES string of the molecule is Cc1cc(C=C2C(=O)N(C)C(=S)N(C)C2=O)c(C)n1-c1cc(C(=O)O)ccc1Cl. The lowest BCUT2D eigenvalue weighted by Crippen LogP contribution is -2.52. The standard InChI is InChI=1S/C20H18ClN3O4S/c1-10-7-13(8-14-17(25)22(3)20(29)23(4)18(14)26)11(2)24(10)16-9-12(19(27)28)5-6-15(16)21/h5-9H,1-4H3,(H,27,28). The maximum Gasteiger partial charge on any atom is 0.335 e. The zero-order chi connectivity index (χ0) is 21.6. The van der Waals surface area contributed by atoms with Crippen molar-refractivity contribution in [3.8, 4) is 5.69 Å². The van der Waals surface area contributed by atoms with Gasteiger partial charge in [0.2, 0.25) is 0 Å². The van der Waals surface area contributed by atoms with Gasteiger partial charge >= 0.3 is 5.97 Å². The fourth-order valence-corrected chi connectivity index (χ4v) is 3.62. The van der Waals surface area contributed by atoms with Crippen LogP contribution >= 0.6 is 23.8 Å². The Bertz CT molecular complexity index is 1090. The first-order chi connectivity index (χ1) is 13.5. The predicted molar refractivity (Wildman–Crippen MR) is 113 cm³/mol. The summed E-state index contributed by atoms with van der Waals surface area (Å²) >= 11 is 11.4. The van der Waals surface area contributed by atoms with Crippen LogP contribution in [-0.4, -0.2) is 56.5 Å². The highest BCUT2D eigenvalue weighted by Gasteiger charge is 2.35. The third-order valence-corrected chi connectivity index (χ3v) is 5.72. The highest BCUT2D eigenvalue weighted by molar-refractivity contribution is 7.80. The number of carbonyl (C=O) groups is 3. The number of aromatic carboxylic acids is 1. The zero-order valence-corrected chi connectivity index (χ0v) is 17.8. The quantitative estimate of drug-likeness (QED) is 0.459. The van der Waals surface area contributed by atoms with Crippen LogP contribution < -0.4 is 0 Å². The lowest BCUT2D eigenvalue weighted by molar-refractivity contribution is -0.132. The van der Waals surface area contributed by atoms with Gasteiger partial charge in [0, 0.05) is 25.5 Å². The largest absolute Gasteiger partial charge is 0.478 e. The average Bonchev–Trinajstić information content (AvgIpc) is 2.95. The topological polar surface area (TPSA) is 82.9 Å². The molecule has 1 aromatic carbocycles. The Labute approximate surface area is 177 Å². The molecule has 1 saturated heterocycles. The highest BCUT2D eigenvalue weighted by Crippen LogP contribution is 2.29. The number of benzene rings is 1. The molecule has 0 spiro atoms. The summed E-state index contributed by atoms with van der Waals surface area (Å²) in [7, 11) is 3.03. The molecule has 9 heteroatoms. The first kappa shape index (κ1) is 20.8. The molecule has 1 fully saturated rings. The maximum atomic E-state index is 12.6. The Morgan fingerprint density at radius 1 is 1.10 bits per heavy atom. The summed E-state index contributed by atoms with van der Waals surface area (Å²) in [5.74, 6) is -2.02. The van der Waals surface area contributed by atoms with Gasteiger partial charge in [0.25, 0.3) is 11.8 Å². The Morgan fingerprint density at radius 3 is 2.24 bits per heavy atom. The van der Waals surface area contributed by atoms with E-state index in [9.17, 15) is 19.5 Å². The van der Waals surface area contributed by atoms with Crippen molar-refractivity contribution in [1.82, 2.24) is 14.4 Å². The monoisotopic (exact) mass is 431 g/mol. The van der Waals surface area contributed by atoms with E-state index in [0.717, 1.165) is 5.69 Å². The van der Waals surface area contributed by atoms with Crippen LogP contribution in [0.2, 0.25) is 5.02 Å². The highest BCUT2D eigenvalue weighted by atomic mass is 35.5. The number of thiocarbonyl (C=S) groups is 1. The molecule has 3 rings (SSSR count). The number of aromatic nitrogens is 1. The Morgan fingerprint density at radius 2 is 1.69 bits per heavy atom. The third kappa shape index (κ3) is 3.45. The molecule has 1 N–H and O–H groups in total. The van der Waals surface area contributed by atoms with Crippen molar-refractivity contribution >= 4 is 52.8 Å². The maximum absolute atomic E-state index is 12.6. The van der Waals surface area contributed by atoms with E-state index in [1.165, 1.54) is 48.2 Å². The van der Waals surface area contributed by atoms with Crippen molar-refractivity contribution < 1.29 is 19.5 Å². The van der Waals surface area contributed by atoms with E-state index in [1.807, 2.05) is 6.92 Å². The van der Waals surface area contributed by atoms with Crippen molar-refractivity contribution in [3.05, 3.63) is 57.4 Å². The number of hydrogen-bond acceptors (Lipinski definition) is 4. The van der Waals surface area contributed by atoms with Gasteiger partial charge < -0.3 is 9.67 Å². The minimum absolute atomic E-state index is 0.00534. The van der Waals surface area contributed by atoms with E-state index in [-0.39, 0.29) is 16.2 Å². The van der Waals surface area contributed by atoms with Crippen LogP contribution in [0.5, 0.6) is 0 Å². The van der Waals surface area contributed by atoms with Gasteiger partial charge in [-0.3, -0.25) is 19.4 Å². The van der Waals surface area contributed by atoms with Crippen LogP contribution in [0.4, 0.5) is 0 Å². The van der Waals surface area contributed by atoms with Gasteiger partial charge in [-0.15, -0.1) is 0 Å². The number of carbonyl (C=O) groups excluding carboxylic acids is 2.